The lowest BCUT2D eigenvalue weighted by Crippen LogP contribution is -2.56. The third-order valence-electron chi connectivity index (χ3n) is 5.78. The summed E-state index contributed by atoms with van der Waals surface area (Å²) in [6, 6.07) is -0.552. The predicted octanol–water partition coefficient (Wildman–Crippen LogP) is 2.89. The molecule has 0 aliphatic carbocycles. The van der Waals surface area contributed by atoms with Gasteiger partial charge in [0.25, 0.3) is 0 Å². The maximum atomic E-state index is 13.5. The van der Waals surface area contributed by atoms with E-state index in [1.54, 1.807) is 4.90 Å². The van der Waals surface area contributed by atoms with Gasteiger partial charge in [-0.1, -0.05) is 18.3 Å². The third-order valence-corrected chi connectivity index (χ3v) is 6.94. The van der Waals surface area contributed by atoms with Crippen molar-refractivity contribution < 1.29 is 36.2 Å². The molecule has 0 saturated carbocycles. The molecule has 10 nitrogen and oxygen atoms in total. The van der Waals surface area contributed by atoms with Crippen molar-refractivity contribution in [2.75, 3.05) is 31.1 Å². The minimum atomic E-state index is -4.81. The predicted molar refractivity (Wildman–Crippen MR) is 122 cm³/mol. The highest BCUT2D eigenvalue weighted by Gasteiger charge is 2.39. The average molecular weight is 565 g/mol. The molecular weight excluding hydrogens is 542 g/mol. The highest BCUT2D eigenvalue weighted by Crippen LogP contribution is 2.43. The first-order chi connectivity index (χ1) is 17.9. The number of carbonyl (C=O) groups is 1. The molecule has 4 heterocycles. The van der Waals surface area contributed by atoms with Crippen LogP contribution >= 0.6 is 11.3 Å². The van der Waals surface area contributed by atoms with Gasteiger partial charge in [-0.2, -0.15) is 31.4 Å². The average Bonchev–Trinajstić information content (AvgIpc) is 3.51. The Morgan fingerprint density at radius 1 is 1.11 bits per heavy atom. The lowest BCUT2D eigenvalue weighted by Gasteiger charge is -2.42. The molecule has 38 heavy (non-hydrogen) atoms. The fraction of sp³-hybridized carbons (Fsp3) is 0.524. The van der Waals surface area contributed by atoms with Crippen molar-refractivity contribution in [3.8, 4) is 11.3 Å². The van der Waals surface area contributed by atoms with Gasteiger partial charge in [0, 0.05) is 50.6 Å². The summed E-state index contributed by atoms with van der Waals surface area (Å²) in [5.74, 6) is -1.16. The molecule has 3 aromatic rings. The maximum Gasteiger partial charge on any atom is 0.451 e. The summed E-state index contributed by atoms with van der Waals surface area (Å²) < 4.78 is 80.6. The Morgan fingerprint density at radius 3 is 2.39 bits per heavy atom. The third kappa shape index (κ3) is 6.03. The summed E-state index contributed by atoms with van der Waals surface area (Å²) in [5, 5.41) is 12.6. The van der Waals surface area contributed by atoms with Crippen LogP contribution in [0.1, 0.15) is 30.0 Å². The number of hydrogen-bond acceptors (Lipinski definition) is 9. The molecule has 1 aliphatic rings. The van der Waals surface area contributed by atoms with Crippen LogP contribution in [0.3, 0.4) is 0 Å². The Balaban J connectivity index is 1.60. The first kappa shape index (κ1) is 27.7. The van der Waals surface area contributed by atoms with Gasteiger partial charge in [-0.25, -0.2) is 24.6 Å². The van der Waals surface area contributed by atoms with Gasteiger partial charge in [0.2, 0.25) is 16.7 Å². The quantitative estimate of drug-likeness (QED) is 0.436. The smallest absolute Gasteiger partial charge is 0.396 e. The largest absolute Gasteiger partial charge is 0.451 e. The molecule has 1 fully saturated rings. The van der Waals surface area contributed by atoms with E-state index >= 15 is 0 Å². The zero-order chi connectivity index (χ0) is 27.7. The lowest BCUT2D eigenvalue weighted by molar-refractivity contribution is -0.145. The summed E-state index contributed by atoms with van der Waals surface area (Å²) in [6.45, 7) is 1.81. The molecule has 0 spiro atoms. The summed E-state index contributed by atoms with van der Waals surface area (Å²) in [5.41, 5.74) is -0.330. The second kappa shape index (κ2) is 10.8. The van der Waals surface area contributed by atoms with Gasteiger partial charge in [0.15, 0.2) is 0 Å². The van der Waals surface area contributed by atoms with E-state index in [4.69, 9.17) is 0 Å². The minimum absolute atomic E-state index is 0.0552. The van der Waals surface area contributed by atoms with Crippen LogP contribution in [0.15, 0.2) is 18.7 Å². The SMILES string of the molecule is CCc1ncn(CC(=O)N2CCN(c3sc(C(F)(F)F)nc3-c3cnc(C(F)(F)F)nc3)C[C@@H]2CCO)n1. The number of carbonyl (C=O) groups excluding carboxylic acids is 1. The fourth-order valence-corrected chi connectivity index (χ4v) is 4.99. The number of amides is 1. The molecule has 206 valence electrons. The van der Waals surface area contributed by atoms with E-state index in [1.165, 1.54) is 15.9 Å². The number of anilines is 1. The van der Waals surface area contributed by atoms with Crippen molar-refractivity contribution in [2.24, 2.45) is 0 Å². The molecule has 1 aliphatic heterocycles. The number of nitrogens with zero attached hydrogens (tertiary/aromatic N) is 8. The highest BCUT2D eigenvalue weighted by molar-refractivity contribution is 7.16. The molecule has 1 N–H and O–H groups in total. The lowest BCUT2D eigenvalue weighted by atomic mass is 10.1. The number of aliphatic hydroxyl groups excluding tert-OH is 1. The molecule has 0 unspecified atom stereocenters. The molecule has 0 radical (unpaired) electrons. The van der Waals surface area contributed by atoms with Gasteiger partial charge in [0.05, 0.1) is 6.04 Å². The van der Waals surface area contributed by atoms with E-state index in [0.29, 0.717) is 23.6 Å². The first-order valence-corrected chi connectivity index (χ1v) is 12.2. The minimum Gasteiger partial charge on any atom is -0.396 e. The monoisotopic (exact) mass is 564 g/mol. The van der Waals surface area contributed by atoms with Gasteiger partial charge in [-0.3, -0.25) is 4.79 Å². The molecule has 1 saturated heterocycles. The normalized spacial score (nSPS) is 16.8. The van der Waals surface area contributed by atoms with Crippen molar-refractivity contribution >= 4 is 22.2 Å². The zero-order valence-corrected chi connectivity index (χ0v) is 20.7. The van der Waals surface area contributed by atoms with Crippen LogP contribution in [0.25, 0.3) is 11.3 Å². The Hall–Kier alpha value is -3.34. The number of piperazine rings is 1. The standard InChI is InChI=1S/C21H22F6N8O2S/c1-2-14-30-11-34(32-14)10-15(37)35-5-4-33(9-13(35)3-6-36)17-16(31-19(38-17)21(25,26)27)12-7-28-18(29-8-12)20(22,23)24/h7-8,11,13,36H,2-6,9-10H2,1H3/t13-/m0/s1. The Bertz CT molecular complexity index is 1260. The Kier molecular flexibility index (Phi) is 7.87. The molecule has 0 bridgehead atoms. The molecule has 17 heteroatoms. The maximum absolute atomic E-state index is 13.5. The number of alkyl halides is 6. The van der Waals surface area contributed by atoms with E-state index in [0.717, 1.165) is 12.4 Å². The van der Waals surface area contributed by atoms with Gasteiger partial charge in [-0.15, -0.1) is 0 Å². The molecule has 3 aromatic heterocycles. The second-order valence-electron chi connectivity index (χ2n) is 8.37. The van der Waals surface area contributed by atoms with Crippen molar-refractivity contribution in [2.45, 2.75) is 44.7 Å². The number of hydrogen-bond donors (Lipinski definition) is 1. The molecule has 1 atom stereocenters. The second-order valence-corrected chi connectivity index (χ2v) is 9.35. The molecular formula is C21H22F6N8O2S. The Labute approximate surface area is 216 Å². The van der Waals surface area contributed by atoms with Crippen LogP contribution in [0, 0.1) is 0 Å². The summed E-state index contributed by atoms with van der Waals surface area (Å²) in [4.78, 5) is 30.3. The number of aromatic nitrogens is 6. The van der Waals surface area contributed by atoms with Gasteiger partial charge >= 0.3 is 12.4 Å². The number of halogens is 6. The van der Waals surface area contributed by atoms with Crippen LogP contribution < -0.4 is 4.90 Å². The van der Waals surface area contributed by atoms with Crippen LogP contribution in [-0.2, 0) is 30.1 Å². The Morgan fingerprint density at radius 2 is 1.82 bits per heavy atom. The van der Waals surface area contributed by atoms with Crippen LogP contribution in [0.4, 0.5) is 31.3 Å². The molecule has 4 rings (SSSR count). The van der Waals surface area contributed by atoms with Crippen molar-refractivity contribution in [1.29, 1.82) is 0 Å². The van der Waals surface area contributed by atoms with E-state index in [1.807, 2.05) is 6.92 Å². The topological polar surface area (TPSA) is 113 Å². The zero-order valence-electron chi connectivity index (χ0n) is 19.9. The van der Waals surface area contributed by atoms with Crippen LogP contribution in [0.5, 0.6) is 0 Å². The number of aryl methyl sites for hydroxylation is 1. The molecule has 0 aromatic carbocycles. The number of rotatable bonds is 7. The van der Waals surface area contributed by atoms with E-state index in [-0.39, 0.29) is 61.4 Å². The van der Waals surface area contributed by atoms with Crippen LogP contribution in [-0.4, -0.2) is 77.9 Å². The summed E-state index contributed by atoms with van der Waals surface area (Å²) >= 11 is 0.339. The van der Waals surface area contributed by atoms with E-state index in [9.17, 15) is 36.2 Å². The van der Waals surface area contributed by atoms with Gasteiger partial charge < -0.3 is 14.9 Å². The number of aliphatic hydroxyl groups is 1. The summed E-state index contributed by atoms with van der Waals surface area (Å²) in [7, 11) is 0. The van der Waals surface area contributed by atoms with E-state index < -0.39 is 29.2 Å². The number of thiazole rings is 1. The fourth-order valence-electron chi connectivity index (χ4n) is 4.00. The van der Waals surface area contributed by atoms with Gasteiger partial charge in [-0.05, 0) is 6.42 Å². The summed E-state index contributed by atoms with van der Waals surface area (Å²) in [6.07, 6.45) is -5.86. The van der Waals surface area contributed by atoms with Crippen molar-refractivity contribution in [3.05, 3.63) is 35.4 Å². The van der Waals surface area contributed by atoms with Crippen LogP contribution in [0.2, 0.25) is 0 Å². The van der Waals surface area contributed by atoms with E-state index in [2.05, 4.69) is 25.0 Å². The molecule has 1 amide bonds. The van der Waals surface area contributed by atoms with Gasteiger partial charge in [0.1, 0.15) is 29.4 Å². The highest BCUT2D eigenvalue weighted by atomic mass is 32.1. The first-order valence-electron chi connectivity index (χ1n) is 11.4. The van der Waals surface area contributed by atoms with Crippen molar-refractivity contribution in [3.63, 3.8) is 0 Å². The van der Waals surface area contributed by atoms with Crippen molar-refractivity contribution in [1.82, 2.24) is 34.6 Å².